The van der Waals surface area contributed by atoms with Gasteiger partial charge in [0.2, 0.25) is 0 Å². The molecule has 1 aliphatic carbocycles. The zero-order valence-electron chi connectivity index (χ0n) is 9.11. The average Bonchev–Trinajstić information content (AvgIpc) is 2.73. The first-order chi connectivity index (χ1) is 7.83. The minimum Gasteiger partial charge on any atom is -0.300 e. The fourth-order valence-corrected chi connectivity index (χ4v) is 3.66. The highest BCUT2D eigenvalue weighted by molar-refractivity contribution is 7.19. The number of ketones is 1. The number of thiophene rings is 1. The lowest BCUT2D eigenvalue weighted by molar-refractivity contribution is -0.120. The number of Topliss-reactive ketones (excluding diaryl/α,β-unsaturated/α-hetero) is 1. The van der Waals surface area contributed by atoms with Gasteiger partial charge in [-0.2, -0.15) is 0 Å². The molecule has 1 aromatic carbocycles. The smallest absolute Gasteiger partial charge is 0.132 e. The Morgan fingerprint density at radius 1 is 1.12 bits per heavy atom. The molecule has 1 heterocycles. The maximum atomic E-state index is 11.2. The minimum atomic E-state index is 0.442. The minimum absolute atomic E-state index is 0.442. The molecular formula is C14H14OS. The molecule has 1 nitrogen and oxygen atoms in total. The van der Waals surface area contributed by atoms with Gasteiger partial charge in [-0.3, -0.25) is 4.79 Å². The first-order valence-electron chi connectivity index (χ1n) is 5.83. The van der Waals surface area contributed by atoms with Gasteiger partial charge in [0.05, 0.1) is 0 Å². The van der Waals surface area contributed by atoms with Gasteiger partial charge in [-0.15, -0.1) is 11.3 Å². The summed E-state index contributed by atoms with van der Waals surface area (Å²) in [5, 5.41) is 1.35. The van der Waals surface area contributed by atoms with Crippen molar-refractivity contribution in [2.45, 2.75) is 31.6 Å². The highest BCUT2D eigenvalue weighted by Gasteiger charge is 2.21. The van der Waals surface area contributed by atoms with E-state index < -0.39 is 0 Å². The Bertz CT molecular complexity index is 483. The predicted molar refractivity (Wildman–Crippen MR) is 68.0 cm³/mol. The van der Waals surface area contributed by atoms with Crippen LogP contribution in [0.5, 0.6) is 0 Å². The summed E-state index contributed by atoms with van der Waals surface area (Å²) < 4.78 is 1.37. The van der Waals surface area contributed by atoms with Crippen molar-refractivity contribution in [2.24, 2.45) is 0 Å². The first kappa shape index (κ1) is 10.0. The number of rotatable bonds is 1. The van der Waals surface area contributed by atoms with E-state index >= 15 is 0 Å². The van der Waals surface area contributed by atoms with Crippen LogP contribution in [0.3, 0.4) is 0 Å². The van der Waals surface area contributed by atoms with Gasteiger partial charge in [-0.25, -0.2) is 0 Å². The molecule has 0 saturated heterocycles. The van der Waals surface area contributed by atoms with Gasteiger partial charge in [0.15, 0.2) is 0 Å². The van der Waals surface area contributed by atoms with Crippen LogP contribution in [0.1, 0.15) is 36.5 Å². The molecule has 0 bridgehead atoms. The fraction of sp³-hybridized carbons (Fsp3) is 0.357. The van der Waals surface area contributed by atoms with Crippen LogP contribution in [0.4, 0.5) is 0 Å². The Hall–Kier alpha value is -1.15. The van der Waals surface area contributed by atoms with Crippen LogP contribution in [0.2, 0.25) is 0 Å². The number of benzene rings is 1. The van der Waals surface area contributed by atoms with Crippen LogP contribution < -0.4 is 0 Å². The topological polar surface area (TPSA) is 17.1 Å². The summed E-state index contributed by atoms with van der Waals surface area (Å²) in [4.78, 5) is 12.7. The van der Waals surface area contributed by atoms with E-state index in [2.05, 4.69) is 30.3 Å². The second-order valence-electron chi connectivity index (χ2n) is 4.50. The largest absolute Gasteiger partial charge is 0.300 e. The Kier molecular flexibility index (Phi) is 2.52. The van der Waals surface area contributed by atoms with E-state index in [0.29, 0.717) is 11.7 Å². The Morgan fingerprint density at radius 3 is 2.62 bits per heavy atom. The summed E-state index contributed by atoms with van der Waals surface area (Å²) in [6.07, 6.45) is 3.65. The highest BCUT2D eigenvalue weighted by atomic mass is 32.1. The van der Waals surface area contributed by atoms with E-state index in [1.807, 2.05) is 11.3 Å². The SMILES string of the molecule is O=C1CCC(c2cc3ccccc3s2)CC1. The van der Waals surface area contributed by atoms with E-state index in [9.17, 15) is 4.79 Å². The lowest BCUT2D eigenvalue weighted by Gasteiger charge is -2.19. The Morgan fingerprint density at radius 2 is 1.88 bits per heavy atom. The summed E-state index contributed by atoms with van der Waals surface area (Å²) in [7, 11) is 0. The van der Waals surface area contributed by atoms with Gasteiger partial charge in [-0.05, 0) is 36.3 Å². The third-order valence-corrected chi connectivity index (χ3v) is 4.67. The lowest BCUT2D eigenvalue weighted by Crippen LogP contribution is -2.11. The summed E-state index contributed by atoms with van der Waals surface area (Å²) in [5.74, 6) is 1.06. The van der Waals surface area contributed by atoms with Crippen molar-refractivity contribution >= 4 is 27.2 Å². The third kappa shape index (κ3) is 1.78. The molecular weight excluding hydrogens is 216 g/mol. The number of fused-ring (bicyclic) bond motifs is 1. The van der Waals surface area contributed by atoms with Gasteiger partial charge < -0.3 is 0 Å². The van der Waals surface area contributed by atoms with Crippen molar-refractivity contribution in [1.29, 1.82) is 0 Å². The van der Waals surface area contributed by atoms with Crippen LogP contribution in [0, 0.1) is 0 Å². The molecule has 82 valence electrons. The van der Waals surface area contributed by atoms with Gasteiger partial charge >= 0.3 is 0 Å². The molecule has 16 heavy (non-hydrogen) atoms. The molecule has 0 N–H and O–H groups in total. The zero-order chi connectivity index (χ0) is 11.0. The van der Waals surface area contributed by atoms with Crippen molar-refractivity contribution in [3.05, 3.63) is 35.2 Å². The van der Waals surface area contributed by atoms with Crippen LogP contribution in [-0.2, 0) is 4.79 Å². The zero-order valence-corrected chi connectivity index (χ0v) is 9.93. The lowest BCUT2D eigenvalue weighted by atomic mass is 9.87. The van der Waals surface area contributed by atoms with E-state index in [1.54, 1.807) is 0 Å². The molecule has 0 spiro atoms. The molecule has 1 fully saturated rings. The van der Waals surface area contributed by atoms with E-state index in [4.69, 9.17) is 0 Å². The quantitative estimate of drug-likeness (QED) is 0.720. The molecule has 0 aliphatic heterocycles. The molecule has 0 unspecified atom stereocenters. The fourth-order valence-electron chi connectivity index (χ4n) is 2.43. The second kappa shape index (κ2) is 4.02. The number of hydrogen-bond acceptors (Lipinski definition) is 2. The summed E-state index contributed by atoms with van der Waals surface area (Å²) >= 11 is 1.89. The van der Waals surface area contributed by atoms with Gasteiger partial charge in [-0.1, -0.05) is 18.2 Å². The molecule has 0 amide bonds. The molecule has 3 rings (SSSR count). The molecule has 2 aromatic rings. The number of carbonyl (C=O) groups excluding carboxylic acids is 1. The Balaban J connectivity index is 1.91. The van der Waals surface area contributed by atoms with E-state index in [1.165, 1.54) is 15.0 Å². The summed E-state index contributed by atoms with van der Waals surface area (Å²) in [6, 6.07) is 10.8. The van der Waals surface area contributed by atoms with Gasteiger partial charge in [0.1, 0.15) is 5.78 Å². The summed E-state index contributed by atoms with van der Waals surface area (Å²) in [5.41, 5.74) is 0. The molecule has 0 atom stereocenters. The monoisotopic (exact) mass is 230 g/mol. The van der Waals surface area contributed by atoms with Crippen molar-refractivity contribution in [3.63, 3.8) is 0 Å². The molecule has 0 radical (unpaired) electrons. The van der Waals surface area contributed by atoms with Crippen molar-refractivity contribution in [1.82, 2.24) is 0 Å². The van der Waals surface area contributed by atoms with Crippen LogP contribution >= 0.6 is 11.3 Å². The predicted octanol–water partition coefficient (Wildman–Crippen LogP) is 4.13. The first-order valence-corrected chi connectivity index (χ1v) is 6.65. The Labute approximate surface area is 99.1 Å². The van der Waals surface area contributed by atoms with Crippen molar-refractivity contribution in [3.8, 4) is 0 Å². The van der Waals surface area contributed by atoms with Crippen molar-refractivity contribution < 1.29 is 4.79 Å². The standard InChI is InChI=1S/C14H14OS/c15-12-7-5-10(6-8-12)14-9-11-3-1-2-4-13(11)16-14/h1-4,9-10H,5-8H2. The summed E-state index contributed by atoms with van der Waals surface area (Å²) in [6.45, 7) is 0. The van der Waals surface area contributed by atoms with Crippen LogP contribution in [0.25, 0.3) is 10.1 Å². The van der Waals surface area contributed by atoms with Gasteiger partial charge in [0, 0.05) is 22.4 Å². The van der Waals surface area contributed by atoms with E-state index in [0.717, 1.165) is 25.7 Å². The third-order valence-electron chi connectivity index (χ3n) is 3.39. The molecule has 1 aromatic heterocycles. The molecule has 2 heteroatoms. The molecule has 1 saturated carbocycles. The van der Waals surface area contributed by atoms with Gasteiger partial charge in [0.25, 0.3) is 0 Å². The highest BCUT2D eigenvalue weighted by Crippen LogP contribution is 2.37. The van der Waals surface area contributed by atoms with Crippen molar-refractivity contribution in [2.75, 3.05) is 0 Å². The normalized spacial score (nSPS) is 18.1. The maximum absolute atomic E-state index is 11.2. The maximum Gasteiger partial charge on any atom is 0.132 e. The number of hydrogen-bond donors (Lipinski definition) is 0. The number of carbonyl (C=O) groups is 1. The second-order valence-corrected chi connectivity index (χ2v) is 5.61. The molecule has 1 aliphatic rings. The van der Waals surface area contributed by atoms with E-state index in [-0.39, 0.29) is 0 Å². The van der Waals surface area contributed by atoms with Crippen LogP contribution in [0.15, 0.2) is 30.3 Å². The average molecular weight is 230 g/mol. The van der Waals surface area contributed by atoms with Crippen LogP contribution in [-0.4, -0.2) is 5.78 Å².